The van der Waals surface area contributed by atoms with Gasteiger partial charge in [-0.05, 0) is 44.5 Å². The average molecular weight is 405 g/mol. The van der Waals surface area contributed by atoms with Crippen molar-refractivity contribution in [2.75, 3.05) is 25.5 Å². The summed E-state index contributed by atoms with van der Waals surface area (Å²) in [6, 6.07) is 13.1. The summed E-state index contributed by atoms with van der Waals surface area (Å²) >= 11 is 0. The molecule has 1 N–H and O–H groups in total. The van der Waals surface area contributed by atoms with Crippen LogP contribution in [-0.2, 0) is 11.2 Å². The number of carbonyl (C=O) groups is 2. The summed E-state index contributed by atoms with van der Waals surface area (Å²) in [5, 5.41) is 3.92. The summed E-state index contributed by atoms with van der Waals surface area (Å²) in [5.41, 5.74) is 3.18. The smallest absolute Gasteiger partial charge is 0.256 e. The van der Waals surface area contributed by atoms with Crippen LogP contribution in [0.4, 0.5) is 5.69 Å². The molecule has 6 nitrogen and oxygen atoms in total. The molecule has 156 valence electrons. The highest BCUT2D eigenvalue weighted by Crippen LogP contribution is 2.28. The van der Waals surface area contributed by atoms with Gasteiger partial charge in [0.15, 0.2) is 0 Å². The van der Waals surface area contributed by atoms with Crippen LogP contribution in [0, 0.1) is 6.92 Å². The van der Waals surface area contributed by atoms with E-state index >= 15 is 0 Å². The minimum atomic E-state index is -0.285. The van der Waals surface area contributed by atoms with Crippen LogP contribution in [0.15, 0.2) is 48.7 Å². The molecule has 0 bridgehead atoms. The Bertz CT molecular complexity index is 1070. The van der Waals surface area contributed by atoms with Crippen molar-refractivity contribution in [3.63, 3.8) is 0 Å². The van der Waals surface area contributed by atoms with Gasteiger partial charge < -0.3 is 15.0 Å². The molecule has 0 spiro atoms. The Morgan fingerprint density at radius 3 is 2.50 bits per heavy atom. The molecule has 0 aliphatic heterocycles. The van der Waals surface area contributed by atoms with Gasteiger partial charge in [0.25, 0.3) is 5.91 Å². The number of likely N-dealkylation sites (N-methyl/N-ethyl adjacent to an activating group) is 1. The minimum absolute atomic E-state index is 0.00885. The number of carbonyl (C=O) groups excluding carboxylic acids is 2. The Kier molecular flexibility index (Phi) is 6.67. The molecular formula is C24H27N3O3. The molecule has 0 aliphatic rings. The van der Waals surface area contributed by atoms with Crippen LogP contribution in [-0.4, -0.2) is 41.9 Å². The summed E-state index contributed by atoms with van der Waals surface area (Å²) in [6.07, 6.45) is 1.85. The molecule has 2 amide bonds. The number of fused-ring (bicyclic) bond motifs is 1. The van der Waals surface area contributed by atoms with E-state index in [0.717, 1.165) is 10.9 Å². The van der Waals surface area contributed by atoms with E-state index in [9.17, 15) is 9.59 Å². The maximum Gasteiger partial charge on any atom is 0.256 e. The number of methoxy groups -OCH3 is 1. The van der Waals surface area contributed by atoms with Crippen molar-refractivity contribution >= 4 is 28.4 Å². The van der Waals surface area contributed by atoms with Crippen molar-refractivity contribution in [2.45, 2.75) is 27.2 Å². The van der Waals surface area contributed by atoms with E-state index in [4.69, 9.17) is 4.74 Å². The molecule has 6 heteroatoms. The van der Waals surface area contributed by atoms with Crippen molar-refractivity contribution < 1.29 is 14.3 Å². The number of ether oxygens (including phenoxy) is 1. The molecule has 0 aliphatic carbocycles. The number of aromatic nitrogens is 1. The quantitative estimate of drug-likeness (QED) is 0.639. The summed E-state index contributed by atoms with van der Waals surface area (Å²) in [6.45, 7) is 6.99. The zero-order valence-corrected chi connectivity index (χ0v) is 17.9. The fourth-order valence-corrected chi connectivity index (χ4v) is 3.67. The first-order valence-corrected chi connectivity index (χ1v) is 10.1. The van der Waals surface area contributed by atoms with E-state index in [1.807, 2.05) is 51.1 Å². The summed E-state index contributed by atoms with van der Waals surface area (Å²) in [5.74, 6) is 0.313. The number of hydrogen-bond acceptors (Lipinski definition) is 4. The Balaban J connectivity index is 2.00. The molecule has 1 aromatic heterocycles. The highest BCUT2D eigenvalue weighted by Gasteiger charge is 2.21. The number of pyridine rings is 1. The van der Waals surface area contributed by atoms with Crippen LogP contribution in [0.1, 0.15) is 35.3 Å². The molecule has 0 atom stereocenters. The Morgan fingerprint density at radius 2 is 1.80 bits per heavy atom. The third-order valence-electron chi connectivity index (χ3n) is 5.29. The van der Waals surface area contributed by atoms with E-state index in [1.54, 1.807) is 30.3 Å². The number of para-hydroxylation sites is 1. The largest absolute Gasteiger partial charge is 0.496 e. The lowest BCUT2D eigenvalue weighted by atomic mass is 9.97. The average Bonchev–Trinajstić information content (AvgIpc) is 2.75. The van der Waals surface area contributed by atoms with E-state index in [1.165, 1.54) is 0 Å². The second kappa shape index (κ2) is 9.39. The number of anilines is 1. The van der Waals surface area contributed by atoms with Crippen LogP contribution >= 0.6 is 0 Å². The third-order valence-corrected chi connectivity index (χ3v) is 5.29. The summed E-state index contributed by atoms with van der Waals surface area (Å²) in [4.78, 5) is 32.2. The lowest BCUT2D eigenvalue weighted by Gasteiger charge is -2.21. The van der Waals surface area contributed by atoms with E-state index in [0.29, 0.717) is 41.2 Å². The second-order valence-electron chi connectivity index (χ2n) is 7.00. The van der Waals surface area contributed by atoms with Gasteiger partial charge in [-0.3, -0.25) is 14.6 Å². The van der Waals surface area contributed by atoms with Crippen molar-refractivity contribution in [3.8, 4) is 5.75 Å². The summed E-state index contributed by atoms with van der Waals surface area (Å²) in [7, 11) is 1.57. The third kappa shape index (κ3) is 4.27. The SMILES string of the molecule is CCN(CC)C(=O)Cc1ccc(OC)c(C)c1C(=O)Nc1cccc2cccnc12. The van der Waals surface area contributed by atoms with E-state index in [2.05, 4.69) is 10.3 Å². The van der Waals surface area contributed by atoms with Gasteiger partial charge >= 0.3 is 0 Å². The van der Waals surface area contributed by atoms with Crippen LogP contribution in [0.2, 0.25) is 0 Å². The molecule has 2 aromatic carbocycles. The van der Waals surface area contributed by atoms with Gasteiger partial charge in [0.1, 0.15) is 5.75 Å². The van der Waals surface area contributed by atoms with Crippen LogP contribution in [0.25, 0.3) is 10.9 Å². The topological polar surface area (TPSA) is 71.5 Å². The molecule has 1 heterocycles. The molecular weight excluding hydrogens is 378 g/mol. The van der Waals surface area contributed by atoms with Crippen LogP contribution in [0.5, 0.6) is 5.75 Å². The standard InChI is InChI=1S/C24H27N3O3/c1-5-27(6-2)21(28)15-18-12-13-20(30-4)16(3)22(18)24(29)26-19-11-7-9-17-10-8-14-25-23(17)19/h7-14H,5-6,15H2,1-4H3,(H,26,29). The van der Waals surface area contributed by atoms with Crippen LogP contribution in [0.3, 0.4) is 0 Å². The molecule has 0 saturated carbocycles. The Labute approximate surface area is 176 Å². The van der Waals surface area contributed by atoms with Gasteiger partial charge in [0.2, 0.25) is 5.91 Å². The molecule has 3 rings (SSSR count). The monoisotopic (exact) mass is 405 g/mol. The number of nitrogens with one attached hydrogen (secondary N) is 1. The van der Waals surface area contributed by atoms with Gasteiger partial charge in [-0.15, -0.1) is 0 Å². The van der Waals surface area contributed by atoms with Crippen molar-refractivity contribution in [1.29, 1.82) is 0 Å². The fourth-order valence-electron chi connectivity index (χ4n) is 3.67. The first-order chi connectivity index (χ1) is 14.5. The maximum atomic E-state index is 13.3. The normalized spacial score (nSPS) is 10.7. The zero-order valence-electron chi connectivity index (χ0n) is 17.9. The van der Waals surface area contributed by atoms with Gasteiger partial charge in [0, 0.05) is 35.8 Å². The highest BCUT2D eigenvalue weighted by molar-refractivity contribution is 6.10. The molecule has 3 aromatic rings. The Hall–Kier alpha value is -3.41. The van der Waals surface area contributed by atoms with Crippen molar-refractivity contribution in [3.05, 3.63) is 65.4 Å². The molecule has 0 radical (unpaired) electrons. The molecule has 0 saturated heterocycles. The lowest BCUT2D eigenvalue weighted by Crippen LogP contribution is -2.32. The predicted molar refractivity (Wildman–Crippen MR) is 119 cm³/mol. The summed E-state index contributed by atoms with van der Waals surface area (Å²) < 4.78 is 5.42. The number of nitrogens with zero attached hydrogens (tertiary/aromatic N) is 2. The molecule has 0 fully saturated rings. The number of rotatable bonds is 7. The minimum Gasteiger partial charge on any atom is -0.496 e. The second-order valence-corrected chi connectivity index (χ2v) is 7.00. The maximum absolute atomic E-state index is 13.3. The molecule has 30 heavy (non-hydrogen) atoms. The Morgan fingerprint density at radius 1 is 1.07 bits per heavy atom. The van der Waals surface area contributed by atoms with Crippen molar-refractivity contribution in [2.24, 2.45) is 0 Å². The van der Waals surface area contributed by atoms with Gasteiger partial charge in [0.05, 0.1) is 24.7 Å². The highest BCUT2D eigenvalue weighted by atomic mass is 16.5. The number of amides is 2. The van der Waals surface area contributed by atoms with Gasteiger partial charge in [-0.1, -0.05) is 24.3 Å². The zero-order chi connectivity index (χ0) is 21.7. The fraction of sp³-hybridized carbons (Fsp3) is 0.292. The van der Waals surface area contributed by atoms with Gasteiger partial charge in [-0.25, -0.2) is 0 Å². The number of benzene rings is 2. The lowest BCUT2D eigenvalue weighted by molar-refractivity contribution is -0.130. The van der Waals surface area contributed by atoms with E-state index < -0.39 is 0 Å². The van der Waals surface area contributed by atoms with Gasteiger partial charge in [-0.2, -0.15) is 0 Å². The molecule has 0 unspecified atom stereocenters. The predicted octanol–water partition coefficient (Wildman–Crippen LogP) is 4.22. The first kappa shape index (κ1) is 21.3. The van der Waals surface area contributed by atoms with Crippen molar-refractivity contribution in [1.82, 2.24) is 9.88 Å². The first-order valence-electron chi connectivity index (χ1n) is 10.1. The van der Waals surface area contributed by atoms with E-state index in [-0.39, 0.29) is 18.2 Å². The van der Waals surface area contributed by atoms with Crippen LogP contribution < -0.4 is 10.1 Å². The number of hydrogen-bond donors (Lipinski definition) is 1.